The third-order valence-electron chi connectivity index (χ3n) is 4.40. The van der Waals surface area contributed by atoms with Crippen LogP contribution >= 0.6 is 24.0 Å². The highest BCUT2D eigenvalue weighted by Gasteiger charge is 2.24. The van der Waals surface area contributed by atoms with Crippen LogP contribution in [0, 0.1) is 5.41 Å². The topological polar surface area (TPSA) is 48.9 Å². The van der Waals surface area contributed by atoms with Gasteiger partial charge in [0.25, 0.3) is 0 Å². The van der Waals surface area contributed by atoms with Crippen LogP contribution in [0.1, 0.15) is 53.4 Å². The van der Waals surface area contributed by atoms with Gasteiger partial charge in [0.2, 0.25) is 0 Å². The van der Waals surface area contributed by atoms with Gasteiger partial charge >= 0.3 is 0 Å². The van der Waals surface area contributed by atoms with E-state index in [1.165, 1.54) is 45.3 Å². The molecular formula is C18H39IN4O. The summed E-state index contributed by atoms with van der Waals surface area (Å²) in [4.78, 5) is 7.26. The Morgan fingerprint density at radius 3 is 2.38 bits per heavy atom. The fraction of sp³-hybridized carbons (Fsp3) is 0.944. The largest absolute Gasteiger partial charge is 0.379 e. The summed E-state index contributed by atoms with van der Waals surface area (Å²) in [6.45, 7) is 15.0. The van der Waals surface area contributed by atoms with Gasteiger partial charge in [-0.25, -0.2) is 0 Å². The van der Waals surface area contributed by atoms with Crippen molar-refractivity contribution < 1.29 is 4.74 Å². The van der Waals surface area contributed by atoms with Crippen molar-refractivity contribution in [3.63, 3.8) is 0 Å². The Balaban J connectivity index is 0.00000529. The molecule has 0 aromatic carbocycles. The van der Waals surface area contributed by atoms with E-state index in [1.54, 1.807) is 7.11 Å². The summed E-state index contributed by atoms with van der Waals surface area (Å²) in [5.41, 5.74) is 0.102. The first kappa shape index (κ1) is 23.9. The van der Waals surface area contributed by atoms with Gasteiger partial charge in [0, 0.05) is 20.2 Å². The number of guanidine groups is 1. The number of aliphatic imine (C=N–C) groups is 1. The molecule has 1 heterocycles. The van der Waals surface area contributed by atoms with Gasteiger partial charge in [-0.05, 0) is 57.7 Å². The van der Waals surface area contributed by atoms with E-state index in [0.29, 0.717) is 6.54 Å². The van der Waals surface area contributed by atoms with Crippen LogP contribution in [-0.2, 0) is 4.74 Å². The number of hydrogen-bond acceptors (Lipinski definition) is 3. The lowest BCUT2D eigenvalue weighted by atomic mass is 9.89. The molecule has 0 spiro atoms. The molecule has 1 atom stereocenters. The van der Waals surface area contributed by atoms with Crippen LogP contribution in [0.4, 0.5) is 0 Å². The molecule has 144 valence electrons. The Kier molecular flexibility index (Phi) is 13.1. The number of likely N-dealkylation sites (tertiary alicyclic amines) is 1. The highest BCUT2D eigenvalue weighted by molar-refractivity contribution is 14.0. The smallest absolute Gasteiger partial charge is 0.191 e. The molecular weight excluding hydrogens is 415 g/mol. The van der Waals surface area contributed by atoms with E-state index < -0.39 is 0 Å². The van der Waals surface area contributed by atoms with E-state index in [0.717, 1.165) is 19.0 Å². The first-order chi connectivity index (χ1) is 11.0. The van der Waals surface area contributed by atoms with Gasteiger partial charge in [-0.2, -0.15) is 0 Å². The van der Waals surface area contributed by atoms with Crippen LogP contribution in [0.5, 0.6) is 0 Å². The van der Waals surface area contributed by atoms with Gasteiger partial charge in [0.05, 0.1) is 12.6 Å². The zero-order valence-corrected chi connectivity index (χ0v) is 18.7. The highest BCUT2D eigenvalue weighted by atomic mass is 127. The lowest BCUT2D eigenvalue weighted by molar-refractivity contribution is 0.0241. The predicted octanol–water partition coefficient (Wildman–Crippen LogP) is 3.10. The molecule has 1 unspecified atom stereocenters. The van der Waals surface area contributed by atoms with Crippen molar-refractivity contribution in [3.8, 4) is 0 Å². The monoisotopic (exact) mass is 454 g/mol. The zero-order chi connectivity index (χ0) is 17.1. The lowest BCUT2D eigenvalue weighted by Crippen LogP contribution is -2.39. The van der Waals surface area contributed by atoms with Crippen LogP contribution in [0.15, 0.2) is 4.99 Å². The summed E-state index contributed by atoms with van der Waals surface area (Å²) in [6, 6.07) is 0. The number of nitrogens with one attached hydrogen (secondary N) is 2. The Bertz CT molecular complexity index is 338. The standard InChI is InChI=1S/C18H38N4O.HI/c1-6-19-17(21-15-16(23-5)18(2,3)4)20-11-7-8-12-22-13-9-10-14-22;/h16H,6-15H2,1-5H3,(H2,19,20,21);1H. The van der Waals surface area contributed by atoms with Crippen molar-refractivity contribution in [2.75, 3.05) is 46.4 Å². The molecule has 0 aromatic heterocycles. The first-order valence-electron chi connectivity index (χ1n) is 9.24. The van der Waals surface area contributed by atoms with Crippen molar-refractivity contribution in [2.24, 2.45) is 10.4 Å². The highest BCUT2D eigenvalue weighted by Crippen LogP contribution is 2.21. The molecule has 1 rings (SSSR count). The lowest BCUT2D eigenvalue weighted by Gasteiger charge is -2.28. The fourth-order valence-electron chi connectivity index (χ4n) is 2.89. The minimum absolute atomic E-state index is 0. The van der Waals surface area contributed by atoms with E-state index in [2.05, 4.69) is 48.2 Å². The third-order valence-corrected chi connectivity index (χ3v) is 4.40. The average Bonchev–Trinajstić information content (AvgIpc) is 2.99. The molecule has 24 heavy (non-hydrogen) atoms. The second kappa shape index (κ2) is 13.2. The minimum atomic E-state index is 0. The molecule has 0 amide bonds. The molecule has 0 aromatic rings. The summed E-state index contributed by atoms with van der Waals surface area (Å²) in [6.07, 6.45) is 5.34. The van der Waals surface area contributed by atoms with E-state index in [1.807, 2.05) is 0 Å². The van der Waals surface area contributed by atoms with Crippen LogP contribution in [0.25, 0.3) is 0 Å². The number of methoxy groups -OCH3 is 1. The maximum atomic E-state index is 5.58. The Labute approximate surface area is 166 Å². The van der Waals surface area contributed by atoms with E-state index in [9.17, 15) is 0 Å². The van der Waals surface area contributed by atoms with E-state index in [-0.39, 0.29) is 35.5 Å². The van der Waals surface area contributed by atoms with Gasteiger partial charge < -0.3 is 20.3 Å². The summed E-state index contributed by atoms with van der Waals surface area (Å²) in [5, 5.41) is 6.76. The minimum Gasteiger partial charge on any atom is -0.379 e. The molecule has 0 bridgehead atoms. The van der Waals surface area contributed by atoms with E-state index in [4.69, 9.17) is 4.74 Å². The van der Waals surface area contributed by atoms with Crippen molar-refractivity contribution in [2.45, 2.75) is 59.5 Å². The van der Waals surface area contributed by atoms with Crippen LogP contribution < -0.4 is 10.6 Å². The summed E-state index contributed by atoms with van der Waals surface area (Å²) in [5.74, 6) is 0.903. The van der Waals surface area contributed by atoms with Crippen molar-refractivity contribution in [1.82, 2.24) is 15.5 Å². The average molecular weight is 454 g/mol. The Morgan fingerprint density at radius 1 is 1.17 bits per heavy atom. The molecule has 1 aliphatic heterocycles. The third kappa shape index (κ3) is 10.0. The molecule has 1 fully saturated rings. The molecule has 0 aliphatic carbocycles. The summed E-state index contributed by atoms with van der Waals surface area (Å²) < 4.78 is 5.58. The molecule has 0 radical (unpaired) electrons. The summed E-state index contributed by atoms with van der Waals surface area (Å²) in [7, 11) is 1.77. The predicted molar refractivity (Wildman–Crippen MR) is 115 cm³/mol. The molecule has 5 nitrogen and oxygen atoms in total. The quantitative estimate of drug-likeness (QED) is 0.243. The van der Waals surface area contributed by atoms with Crippen molar-refractivity contribution >= 4 is 29.9 Å². The molecule has 1 saturated heterocycles. The Morgan fingerprint density at radius 2 is 1.83 bits per heavy atom. The van der Waals surface area contributed by atoms with Gasteiger partial charge in [-0.3, -0.25) is 4.99 Å². The van der Waals surface area contributed by atoms with Gasteiger partial charge in [-0.15, -0.1) is 24.0 Å². The number of rotatable bonds is 9. The maximum Gasteiger partial charge on any atom is 0.191 e. The fourth-order valence-corrected chi connectivity index (χ4v) is 2.89. The second-order valence-electron chi connectivity index (χ2n) is 7.49. The van der Waals surface area contributed by atoms with Crippen LogP contribution in [0.3, 0.4) is 0 Å². The van der Waals surface area contributed by atoms with Crippen molar-refractivity contribution in [3.05, 3.63) is 0 Å². The van der Waals surface area contributed by atoms with Gasteiger partial charge in [-0.1, -0.05) is 20.8 Å². The van der Waals surface area contributed by atoms with Crippen molar-refractivity contribution in [1.29, 1.82) is 0 Å². The summed E-state index contributed by atoms with van der Waals surface area (Å²) >= 11 is 0. The van der Waals surface area contributed by atoms with Gasteiger partial charge in [0.15, 0.2) is 5.96 Å². The second-order valence-corrected chi connectivity index (χ2v) is 7.49. The van der Waals surface area contributed by atoms with Crippen LogP contribution in [0.2, 0.25) is 0 Å². The number of unbranched alkanes of at least 4 members (excludes halogenated alkanes) is 1. The molecule has 6 heteroatoms. The Hall–Kier alpha value is -0.0800. The van der Waals surface area contributed by atoms with Gasteiger partial charge in [0.1, 0.15) is 0 Å². The van der Waals surface area contributed by atoms with E-state index >= 15 is 0 Å². The maximum absolute atomic E-state index is 5.58. The molecule has 2 N–H and O–H groups in total. The number of nitrogens with zero attached hydrogens (tertiary/aromatic N) is 2. The number of ether oxygens (including phenoxy) is 1. The number of halogens is 1. The molecule has 0 saturated carbocycles. The number of hydrogen-bond donors (Lipinski definition) is 2. The first-order valence-corrected chi connectivity index (χ1v) is 9.24. The SMILES string of the molecule is CCNC(=NCC(OC)C(C)(C)C)NCCCCN1CCCC1.I. The zero-order valence-electron chi connectivity index (χ0n) is 16.4. The normalized spacial score (nSPS) is 17.5. The van der Waals surface area contributed by atoms with Crippen LogP contribution in [-0.4, -0.2) is 63.3 Å². The molecule has 1 aliphatic rings.